The lowest BCUT2D eigenvalue weighted by atomic mass is 10.1. The van der Waals surface area contributed by atoms with Crippen LogP contribution in [0.25, 0.3) is 0 Å². The number of rotatable bonds is 7. The van der Waals surface area contributed by atoms with Crippen molar-refractivity contribution in [2.75, 3.05) is 36.3 Å². The Hall–Kier alpha value is -2.76. The van der Waals surface area contributed by atoms with Crippen LogP contribution in [-0.2, 0) is 0 Å². The van der Waals surface area contributed by atoms with E-state index in [9.17, 15) is 35.1 Å². The first-order valence-corrected chi connectivity index (χ1v) is 7.68. The van der Waals surface area contributed by atoms with Crippen LogP contribution < -0.4 is 21.3 Å². The molecule has 0 aliphatic carbocycles. The first kappa shape index (κ1) is 21.5. The largest absolute Gasteiger partial charge is 0.368 e. The number of anilines is 3. The van der Waals surface area contributed by atoms with Gasteiger partial charge in [0.2, 0.25) is 0 Å². The van der Waals surface area contributed by atoms with E-state index < -0.39 is 75.8 Å². The van der Waals surface area contributed by atoms with Crippen LogP contribution in [0, 0.1) is 53.5 Å². The summed E-state index contributed by atoms with van der Waals surface area (Å²) in [5, 5.41) is 8.22. The third-order valence-electron chi connectivity index (χ3n) is 3.72. The fourth-order valence-corrected chi connectivity index (χ4v) is 2.24. The van der Waals surface area contributed by atoms with Crippen molar-refractivity contribution in [3.8, 4) is 0 Å². The standard InChI is InChI=1S/C16H14F8N4/c1-5-6(17)8(19)14(9(20)7(5)18)27-4-28-16-12(23)10(21)15(26-3-25-2)11(22)13(16)24/h25-28H,3-4H2,1-2H3. The summed E-state index contributed by atoms with van der Waals surface area (Å²) >= 11 is 0. The van der Waals surface area contributed by atoms with E-state index in [1.54, 1.807) is 0 Å². The maximum Gasteiger partial charge on any atom is 0.187 e. The molecule has 4 nitrogen and oxygen atoms in total. The van der Waals surface area contributed by atoms with E-state index in [1.165, 1.54) is 7.05 Å². The molecule has 0 atom stereocenters. The predicted octanol–water partition coefficient (Wildman–Crippen LogP) is 4.18. The Labute approximate surface area is 153 Å². The highest BCUT2D eigenvalue weighted by Gasteiger charge is 2.26. The maximum absolute atomic E-state index is 14.0. The highest BCUT2D eigenvalue weighted by Crippen LogP contribution is 2.32. The normalized spacial score (nSPS) is 10.9. The summed E-state index contributed by atoms with van der Waals surface area (Å²) in [4.78, 5) is 0. The number of hydrogen-bond donors (Lipinski definition) is 4. The fraction of sp³-hybridized carbons (Fsp3) is 0.250. The third kappa shape index (κ3) is 3.77. The zero-order valence-corrected chi connectivity index (χ0v) is 14.4. The molecule has 0 heterocycles. The minimum atomic E-state index is -1.82. The van der Waals surface area contributed by atoms with Crippen molar-refractivity contribution in [1.82, 2.24) is 5.32 Å². The lowest BCUT2D eigenvalue weighted by molar-refractivity contribution is 0.449. The van der Waals surface area contributed by atoms with Gasteiger partial charge in [0.25, 0.3) is 0 Å². The average molecular weight is 414 g/mol. The van der Waals surface area contributed by atoms with Crippen molar-refractivity contribution >= 4 is 17.1 Å². The van der Waals surface area contributed by atoms with Gasteiger partial charge in [-0.1, -0.05) is 0 Å². The van der Waals surface area contributed by atoms with E-state index in [-0.39, 0.29) is 6.67 Å². The molecule has 0 saturated heterocycles. The molecule has 0 radical (unpaired) electrons. The predicted molar refractivity (Wildman–Crippen MR) is 86.9 cm³/mol. The molecule has 154 valence electrons. The molecule has 0 saturated carbocycles. The molecule has 0 aromatic heterocycles. The van der Waals surface area contributed by atoms with Gasteiger partial charge in [0, 0.05) is 5.56 Å². The molecule has 0 aliphatic heterocycles. The highest BCUT2D eigenvalue weighted by atomic mass is 19.2. The number of nitrogens with one attached hydrogen (secondary N) is 4. The van der Waals surface area contributed by atoms with Gasteiger partial charge >= 0.3 is 0 Å². The molecule has 2 aromatic rings. The molecule has 0 unspecified atom stereocenters. The van der Waals surface area contributed by atoms with Gasteiger partial charge in [-0.3, -0.25) is 0 Å². The van der Waals surface area contributed by atoms with Crippen LogP contribution in [0.2, 0.25) is 0 Å². The Bertz CT molecular complexity index is 845. The minimum absolute atomic E-state index is 0.204. The number of benzene rings is 2. The minimum Gasteiger partial charge on any atom is -0.368 e. The second-order valence-corrected chi connectivity index (χ2v) is 5.50. The summed E-state index contributed by atoms with van der Waals surface area (Å²) in [6.07, 6.45) is 0. The quantitative estimate of drug-likeness (QED) is 0.312. The van der Waals surface area contributed by atoms with E-state index in [1.807, 2.05) is 10.6 Å². The zero-order valence-electron chi connectivity index (χ0n) is 14.4. The lowest BCUT2D eigenvalue weighted by Gasteiger charge is -2.16. The van der Waals surface area contributed by atoms with Crippen molar-refractivity contribution in [2.45, 2.75) is 6.92 Å². The van der Waals surface area contributed by atoms with Gasteiger partial charge in [-0.15, -0.1) is 0 Å². The van der Waals surface area contributed by atoms with Crippen LogP contribution in [-0.4, -0.2) is 20.4 Å². The maximum atomic E-state index is 14.0. The van der Waals surface area contributed by atoms with Gasteiger partial charge in [0.15, 0.2) is 46.5 Å². The van der Waals surface area contributed by atoms with E-state index in [2.05, 4.69) is 10.6 Å². The highest BCUT2D eigenvalue weighted by molar-refractivity contribution is 5.59. The number of hydrogen-bond acceptors (Lipinski definition) is 4. The Kier molecular flexibility index (Phi) is 6.54. The Morgan fingerprint density at radius 2 is 0.786 bits per heavy atom. The molecule has 0 fully saturated rings. The van der Waals surface area contributed by atoms with E-state index in [4.69, 9.17) is 0 Å². The molecule has 2 rings (SSSR count). The van der Waals surface area contributed by atoms with E-state index in [0.717, 1.165) is 6.92 Å². The summed E-state index contributed by atoms with van der Waals surface area (Å²) in [6.45, 7) is -0.325. The summed E-state index contributed by atoms with van der Waals surface area (Å²) < 4.78 is 110. The molecule has 12 heteroatoms. The SMILES string of the molecule is CNCNc1c(F)c(F)c(NCNc2c(F)c(F)c(C)c(F)c2F)c(F)c1F. The van der Waals surface area contributed by atoms with Crippen LogP contribution >= 0.6 is 0 Å². The molecule has 0 aliphatic rings. The Morgan fingerprint density at radius 1 is 0.500 bits per heavy atom. The molecule has 0 bridgehead atoms. The molecule has 28 heavy (non-hydrogen) atoms. The molecular weight excluding hydrogens is 400 g/mol. The van der Waals surface area contributed by atoms with E-state index >= 15 is 0 Å². The van der Waals surface area contributed by atoms with Crippen LogP contribution in [0.5, 0.6) is 0 Å². The van der Waals surface area contributed by atoms with Gasteiger partial charge in [-0.25, -0.2) is 35.1 Å². The van der Waals surface area contributed by atoms with Crippen molar-refractivity contribution in [3.05, 3.63) is 52.1 Å². The van der Waals surface area contributed by atoms with Crippen molar-refractivity contribution in [2.24, 2.45) is 0 Å². The smallest absolute Gasteiger partial charge is 0.187 e. The average Bonchev–Trinajstić information content (AvgIpc) is 2.68. The van der Waals surface area contributed by atoms with Gasteiger partial charge in [-0.2, -0.15) is 0 Å². The molecule has 0 spiro atoms. The monoisotopic (exact) mass is 414 g/mol. The van der Waals surface area contributed by atoms with Crippen LogP contribution in [0.4, 0.5) is 52.2 Å². The third-order valence-corrected chi connectivity index (χ3v) is 3.72. The fourth-order valence-electron chi connectivity index (χ4n) is 2.24. The molecular formula is C16H14F8N4. The molecule has 2 aromatic carbocycles. The van der Waals surface area contributed by atoms with E-state index in [0.29, 0.717) is 0 Å². The molecule has 0 amide bonds. The van der Waals surface area contributed by atoms with Crippen molar-refractivity contribution in [1.29, 1.82) is 0 Å². The van der Waals surface area contributed by atoms with Crippen LogP contribution in [0.15, 0.2) is 0 Å². The Balaban J connectivity index is 2.27. The van der Waals surface area contributed by atoms with Crippen LogP contribution in [0.1, 0.15) is 5.56 Å². The van der Waals surface area contributed by atoms with Gasteiger partial charge in [0.05, 0.1) is 13.3 Å². The summed E-state index contributed by atoms with van der Waals surface area (Å²) in [7, 11) is 1.41. The van der Waals surface area contributed by atoms with Crippen molar-refractivity contribution < 1.29 is 35.1 Å². The van der Waals surface area contributed by atoms with Gasteiger partial charge in [0.1, 0.15) is 17.1 Å². The second-order valence-electron chi connectivity index (χ2n) is 5.50. The first-order chi connectivity index (χ1) is 13.1. The molecule has 4 N–H and O–H groups in total. The second kappa shape index (κ2) is 8.50. The summed E-state index contributed by atoms with van der Waals surface area (Å²) in [6, 6.07) is 0. The summed E-state index contributed by atoms with van der Waals surface area (Å²) in [5.74, 6) is -14.0. The number of halogens is 8. The first-order valence-electron chi connectivity index (χ1n) is 7.68. The lowest BCUT2D eigenvalue weighted by Crippen LogP contribution is -2.21. The summed E-state index contributed by atoms with van der Waals surface area (Å²) in [5.41, 5.74) is -4.52. The topological polar surface area (TPSA) is 48.1 Å². The Morgan fingerprint density at radius 3 is 1.11 bits per heavy atom. The van der Waals surface area contributed by atoms with Crippen LogP contribution in [0.3, 0.4) is 0 Å². The van der Waals surface area contributed by atoms with Gasteiger partial charge in [-0.05, 0) is 14.0 Å². The van der Waals surface area contributed by atoms with Gasteiger partial charge < -0.3 is 21.3 Å². The zero-order chi connectivity index (χ0) is 21.2. The van der Waals surface area contributed by atoms with Crippen molar-refractivity contribution in [3.63, 3.8) is 0 Å².